The Morgan fingerprint density at radius 3 is 2.68 bits per heavy atom. The van der Waals surface area contributed by atoms with E-state index in [-0.39, 0.29) is 5.56 Å². The molecule has 1 N–H and O–H groups in total. The molecule has 0 aliphatic carbocycles. The van der Waals surface area contributed by atoms with Crippen molar-refractivity contribution >= 4 is 5.71 Å². The van der Waals surface area contributed by atoms with Crippen molar-refractivity contribution in [3.8, 4) is 5.69 Å². The Morgan fingerprint density at radius 2 is 2.00 bits per heavy atom. The number of rotatable bonds is 4. The molecule has 2 aromatic heterocycles. The number of aromatic nitrogens is 2. The summed E-state index contributed by atoms with van der Waals surface area (Å²) in [7, 11) is 0. The van der Waals surface area contributed by atoms with Gasteiger partial charge in [0, 0.05) is 11.4 Å². The average molecular weight is 295 g/mol. The Kier molecular flexibility index (Phi) is 3.78. The van der Waals surface area contributed by atoms with Crippen molar-refractivity contribution in [1.29, 1.82) is 0 Å². The molecule has 112 valence electrons. The van der Waals surface area contributed by atoms with Crippen LogP contribution in [0.4, 0.5) is 0 Å². The van der Waals surface area contributed by atoms with E-state index in [1.807, 2.05) is 56.3 Å². The third kappa shape index (κ3) is 2.65. The van der Waals surface area contributed by atoms with Crippen LogP contribution >= 0.6 is 0 Å². The van der Waals surface area contributed by atoms with Crippen LogP contribution in [0.5, 0.6) is 0 Å². The molecule has 0 amide bonds. The summed E-state index contributed by atoms with van der Waals surface area (Å²) in [6.07, 6.45) is 1.62. The van der Waals surface area contributed by atoms with Crippen LogP contribution in [0.2, 0.25) is 0 Å². The van der Waals surface area contributed by atoms with Crippen LogP contribution in [0.15, 0.2) is 62.9 Å². The number of nitrogens with one attached hydrogen (secondary N) is 1. The van der Waals surface area contributed by atoms with Crippen LogP contribution < -0.4 is 5.56 Å². The van der Waals surface area contributed by atoms with Crippen molar-refractivity contribution in [2.24, 2.45) is 4.99 Å². The fourth-order valence-electron chi connectivity index (χ4n) is 2.41. The molecule has 2 heterocycles. The number of aromatic amines is 1. The number of hydrogen-bond donors (Lipinski definition) is 1. The predicted octanol–water partition coefficient (Wildman–Crippen LogP) is 3.08. The molecule has 5 heteroatoms. The van der Waals surface area contributed by atoms with Gasteiger partial charge >= 0.3 is 0 Å². The molecule has 0 spiro atoms. The molecule has 0 bridgehead atoms. The van der Waals surface area contributed by atoms with Gasteiger partial charge in [0.2, 0.25) is 0 Å². The molecule has 0 saturated heterocycles. The van der Waals surface area contributed by atoms with Crippen LogP contribution in [0.3, 0.4) is 0 Å². The number of H-pyrrole nitrogens is 1. The highest BCUT2D eigenvalue weighted by Crippen LogP contribution is 2.09. The van der Waals surface area contributed by atoms with E-state index in [1.54, 1.807) is 6.26 Å². The minimum absolute atomic E-state index is 0.0932. The van der Waals surface area contributed by atoms with E-state index in [9.17, 15) is 4.79 Å². The minimum Gasteiger partial charge on any atom is -0.467 e. The third-order valence-electron chi connectivity index (χ3n) is 3.50. The topological polar surface area (TPSA) is 63.3 Å². The maximum absolute atomic E-state index is 12.6. The van der Waals surface area contributed by atoms with Gasteiger partial charge in [-0.05, 0) is 38.1 Å². The van der Waals surface area contributed by atoms with E-state index >= 15 is 0 Å². The Bertz CT molecular complexity index is 840. The molecular formula is C17H17N3O2. The summed E-state index contributed by atoms with van der Waals surface area (Å²) < 4.78 is 6.79. The molecule has 1 aromatic carbocycles. The van der Waals surface area contributed by atoms with Crippen LogP contribution in [0.25, 0.3) is 5.69 Å². The Morgan fingerprint density at radius 1 is 1.23 bits per heavy atom. The van der Waals surface area contributed by atoms with Crippen molar-refractivity contribution in [2.45, 2.75) is 20.4 Å². The maximum atomic E-state index is 12.6. The summed E-state index contributed by atoms with van der Waals surface area (Å²) in [6.45, 7) is 4.15. The summed E-state index contributed by atoms with van der Waals surface area (Å²) in [5.74, 6) is 0.774. The highest BCUT2D eigenvalue weighted by atomic mass is 16.3. The molecule has 0 saturated carbocycles. The molecule has 0 fully saturated rings. The van der Waals surface area contributed by atoms with Gasteiger partial charge in [-0.15, -0.1) is 0 Å². The van der Waals surface area contributed by atoms with Gasteiger partial charge in [-0.2, -0.15) is 0 Å². The average Bonchev–Trinajstić information content (AvgIpc) is 3.14. The Labute approximate surface area is 127 Å². The SMILES string of the molecule is CC(=NCc1ccco1)c1c(C)[nH]n(-c2ccccc2)c1=O. The van der Waals surface area contributed by atoms with Gasteiger partial charge in [-0.25, -0.2) is 4.68 Å². The number of aliphatic imine (C=N–C) groups is 1. The lowest BCUT2D eigenvalue weighted by molar-refractivity contribution is 0.513. The van der Waals surface area contributed by atoms with Crippen LogP contribution in [-0.4, -0.2) is 15.5 Å². The highest BCUT2D eigenvalue weighted by molar-refractivity contribution is 5.99. The summed E-state index contributed by atoms with van der Waals surface area (Å²) in [5.41, 5.74) is 2.82. The van der Waals surface area contributed by atoms with E-state index in [1.165, 1.54) is 4.68 Å². The summed E-state index contributed by atoms with van der Waals surface area (Å²) >= 11 is 0. The van der Waals surface area contributed by atoms with Gasteiger partial charge in [0.15, 0.2) is 0 Å². The highest BCUT2D eigenvalue weighted by Gasteiger charge is 2.14. The lowest BCUT2D eigenvalue weighted by Crippen LogP contribution is -2.19. The van der Waals surface area contributed by atoms with Crippen molar-refractivity contribution in [2.75, 3.05) is 0 Å². The Balaban J connectivity index is 1.96. The van der Waals surface area contributed by atoms with Gasteiger partial charge in [0.1, 0.15) is 5.76 Å². The fraction of sp³-hybridized carbons (Fsp3) is 0.176. The lowest BCUT2D eigenvalue weighted by Gasteiger charge is -1.99. The largest absolute Gasteiger partial charge is 0.467 e. The van der Waals surface area contributed by atoms with Crippen molar-refractivity contribution in [3.05, 3.63) is 76.1 Å². The molecule has 0 atom stereocenters. The third-order valence-corrected chi connectivity index (χ3v) is 3.50. The van der Waals surface area contributed by atoms with Crippen molar-refractivity contribution < 1.29 is 4.42 Å². The molecule has 22 heavy (non-hydrogen) atoms. The van der Waals surface area contributed by atoms with Crippen molar-refractivity contribution in [3.63, 3.8) is 0 Å². The number of aryl methyl sites for hydroxylation is 1. The fourth-order valence-corrected chi connectivity index (χ4v) is 2.41. The zero-order chi connectivity index (χ0) is 15.5. The number of para-hydroxylation sites is 1. The molecular weight excluding hydrogens is 278 g/mol. The number of nitrogens with zero attached hydrogens (tertiary/aromatic N) is 2. The molecule has 0 radical (unpaired) electrons. The van der Waals surface area contributed by atoms with Gasteiger partial charge in [-0.3, -0.25) is 14.9 Å². The molecule has 3 aromatic rings. The lowest BCUT2D eigenvalue weighted by atomic mass is 10.2. The molecule has 0 unspecified atom stereocenters. The van der Waals surface area contributed by atoms with Crippen molar-refractivity contribution in [1.82, 2.24) is 9.78 Å². The van der Waals surface area contributed by atoms with E-state index in [4.69, 9.17) is 4.42 Å². The number of hydrogen-bond acceptors (Lipinski definition) is 3. The second-order valence-electron chi connectivity index (χ2n) is 5.07. The van der Waals surface area contributed by atoms with Gasteiger partial charge in [-0.1, -0.05) is 18.2 Å². The molecule has 5 nitrogen and oxygen atoms in total. The first kappa shape index (κ1) is 14.1. The van der Waals surface area contributed by atoms with E-state index in [0.717, 1.165) is 17.1 Å². The normalized spacial score (nSPS) is 11.8. The van der Waals surface area contributed by atoms with Gasteiger partial charge in [0.05, 0.1) is 24.1 Å². The quantitative estimate of drug-likeness (QED) is 0.752. The van der Waals surface area contributed by atoms with Gasteiger partial charge < -0.3 is 4.42 Å². The molecule has 0 aliphatic heterocycles. The Hall–Kier alpha value is -2.82. The van der Waals surface area contributed by atoms with Gasteiger partial charge in [0.25, 0.3) is 5.56 Å². The number of benzene rings is 1. The smallest absolute Gasteiger partial charge is 0.280 e. The first-order valence-corrected chi connectivity index (χ1v) is 7.07. The number of furan rings is 1. The second kappa shape index (κ2) is 5.89. The first-order valence-electron chi connectivity index (χ1n) is 7.07. The maximum Gasteiger partial charge on any atom is 0.280 e. The molecule has 3 rings (SSSR count). The van der Waals surface area contributed by atoms with E-state index < -0.39 is 0 Å². The minimum atomic E-state index is -0.0932. The van der Waals surface area contributed by atoms with Crippen LogP contribution in [-0.2, 0) is 6.54 Å². The summed E-state index contributed by atoms with van der Waals surface area (Å²) in [5, 5.41) is 3.10. The monoisotopic (exact) mass is 295 g/mol. The van der Waals surface area contributed by atoms with E-state index in [0.29, 0.717) is 17.8 Å². The molecule has 0 aliphatic rings. The first-order chi connectivity index (χ1) is 10.7. The zero-order valence-corrected chi connectivity index (χ0v) is 12.5. The van der Waals surface area contributed by atoms with Crippen LogP contribution in [0.1, 0.15) is 23.9 Å². The summed E-state index contributed by atoms with van der Waals surface area (Å²) in [4.78, 5) is 17.1. The summed E-state index contributed by atoms with van der Waals surface area (Å²) in [6, 6.07) is 13.2. The predicted molar refractivity (Wildman–Crippen MR) is 85.7 cm³/mol. The zero-order valence-electron chi connectivity index (χ0n) is 12.5. The van der Waals surface area contributed by atoms with Crippen LogP contribution in [0, 0.1) is 6.92 Å². The standard InChI is InChI=1S/C17H17N3O2/c1-12(18-11-15-9-6-10-22-15)16-13(2)19-20(17(16)21)14-7-4-3-5-8-14/h3-10,19H,11H2,1-2H3. The van der Waals surface area contributed by atoms with E-state index in [2.05, 4.69) is 10.1 Å². The second-order valence-corrected chi connectivity index (χ2v) is 5.07.